The molecule has 0 heterocycles. The van der Waals surface area contributed by atoms with Gasteiger partial charge in [-0.2, -0.15) is 0 Å². The second-order valence-corrected chi connectivity index (χ2v) is 4.34. The van der Waals surface area contributed by atoms with Crippen LogP contribution >= 0.6 is 11.6 Å². The van der Waals surface area contributed by atoms with Crippen LogP contribution in [0.2, 0.25) is 5.02 Å². The fraction of sp³-hybridized carbons (Fsp3) is 0.0714. The lowest BCUT2D eigenvalue weighted by Gasteiger charge is -2.06. The first-order valence-electron chi connectivity index (χ1n) is 5.25. The van der Waals surface area contributed by atoms with Crippen molar-refractivity contribution < 1.29 is 13.6 Å². The number of hydrogen-bond acceptors (Lipinski definition) is 1. The summed E-state index contributed by atoms with van der Waals surface area (Å²) in [5.41, 5.74) is 0.593. The fourth-order valence-electron chi connectivity index (χ4n) is 1.63. The Morgan fingerprint density at radius 3 is 2.50 bits per heavy atom. The molecule has 0 radical (unpaired) electrons. The lowest BCUT2D eigenvalue weighted by atomic mass is 10.0. The molecule has 0 spiro atoms. The van der Waals surface area contributed by atoms with Crippen molar-refractivity contribution in [2.45, 2.75) is 6.92 Å². The van der Waals surface area contributed by atoms with E-state index < -0.39 is 17.4 Å². The van der Waals surface area contributed by atoms with Crippen molar-refractivity contribution in [2.24, 2.45) is 0 Å². The summed E-state index contributed by atoms with van der Waals surface area (Å²) in [4.78, 5) is 12.1. The average molecular weight is 267 g/mol. The summed E-state index contributed by atoms with van der Waals surface area (Å²) in [6.07, 6.45) is 0. The predicted octanol–water partition coefficient (Wildman–Crippen LogP) is 4.16. The van der Waals surface area contributed by atoms with Crippen molar-refractivity contribution in [3.63, 3.8) is 0 Å². The third-order valence-corrected chi connectivity index (χ3v) is 2.87. The molecule has 0 aliphatic carbocycles. The van der Waals surface area contributed by atoms with Crippen LogP contribution < -0.4 is 0 Å². The van der Waals surface area contributed by atoms with Gasteiger partial charge in [0.2, 0.25) is 0 Å². The van der Waals surface area contributed by atoms with Gasteiger partial charge in [0, 0.05) is 5.56 Å². The molecule has 4 heteroatoms. The molecule has 1 nitrogen and oxygen atoms in total. The number of aryl methyl sites for hydroxylation is 1. The zero-order valence-electron chi connectivity index (χ0n) is 9.51. The van der Waals surface area contributed by atoms with Crippen LogP contribution in [0.5, 0.6) is 0 Å². The minimum absolute atomic E-state index is 0.0406. The molecule has 0 bridgehead atoms. The van der Waals surface area contributed by atoms with Gasteiger partial charge in [0.05, 0.1) is 10.6 Å². The molecular weight excluding hydrogens is 258 g/mol. The van der Waals surface area contributed by atoms with Crippen molar-refractivity contribution in [1.82, 2.24) is 0 Å². The third kappa shape index (κ3) is 2.41. The summed E-state index contributed by atoms with van der Waals surface area (Å²) in [5, 5.41) is 0.0994. The van der Waals surface area contributed by atoms with Gasteiger partial charge >= 0.3 is 0 Å². The van der Waals surface area contributed by atoms with E-state index in [1.54, 1.807) is 13.0 Å². The molecular formula is C14H9ClF2O. The second-order valence-electron chi connectivity index (χ2n) is 3.94. The van der Waals surface area contributed by atoms with E-state index in [0.29, 0.717) is 0 Å². The molecule has 2 aromatic carbocycles. The molecule has 0 aliphatic rings. The van der Waals surface area contributed by atoms with Gasteiger partial charge in [-0.1, -0.05) is 23.2 Å². The maximum absolute atomic E-state index is 13.6. The number of carbonyl (C=O) groups is 1. The first kappa shape index (κ1) is 12.7. The lowest BCUT2D eigenvalue weighted by molar-refractivity contribution is 0.103. The van der Waals surface area contributed by atoms with Crippen LogP contribution in [0.25, 0.3) is 0 Å². The minimum atomic E-state index is -0.647. The van der Waals surface area contributed by atoms with Crippen LogP contribution in [0.1, 0.15) is 21.5 Å². The molecule has 0 saturated carbocycles. The molecule has 0 amide bonds. The van der Waals surface area contributed by atoms with Crippen molar-refractivity contribution in [2.75, 3.05) is 0 Å². The van der Waals surface area contributed by atoms with Crippen LogP contribution in [-0.2, 0) is 0 Å². The number of carbonyl (C=O) groups excluding carboxylic acids is 1. The van der Waals surface area contributed by atoms with Crippen LogP contribution in [-0.4, -0.2) is 5.78 Å². The Morgan fingerprint density at radius 1 is 1.06 bits per heavy atom. The highest BCUT2D eigenvalue weighted by molar-refractivity contribution is 6.35. The number of rotatable bonds is 2. The molecule has 0 fully saturated rings. The van der Waals surface area contributed by atoms with Crippen molar-refractivity contribution in [3.05, 3.63) is 69.7 Å². The summed E-state index contributed by atoms with van der Waals surface area (Å²) in [6, 6.07) is 7.60. The highest BCUT2D eigenvalue weighted by Gasteiger charge is 2.17. The molecule has 0 saturated heterocycles. The molecule has 0 atom stereocenters. The molecule has 2 rings (SSSR count). The molecule has 92 valence electrons. The Kier molecular flexibility index (Phi) is 3.43. The largest absolute Gasteiger partial charge is 0.288 e. The number of hydrogen-bond donors (Lipinski definition) is 0. The van der Waals surface area contributed by atoms with Crippen LogP contribution in [0.4, 0.5) is 8.78 Å². The minimum Gasteiger partial charge on any atom is -0.288 e. The standard InChI is InChI=1S/C14H9ClF2O/c1-8-2-5-13(17)11(6-8)14(18)10-7-9(16)3-4-12(10)15/h2-7H,1H3. The maximum atomic E-state index is 13.6. The molecule has 0 N–H and O–H groups in total. The van der Waals surface area contributed by atoms with E-state index >= 15 is 0 Å². The third-order valence-electron chi connectivity index (χ3n) is 2.54. The lowest BCUT2D eigenvalue weighted by Crippen LogP contribution is -2.06. The topological polar surface area (TPSA) is 17.1 Å². The smallest absolute Gasteiger partial charge is 0.197 e. The monoisotopic (exact) mass is 266 g/mol. The van der Waals surface area contributed by atoms with Crippen LogP contribution in [0.15, 0.2) is 36.4 Å². The van der Waals surface area contributed by atoms with Gasteiger partial charge in [-0.05, 0) is 37.3 Å². The van der Waals surface area contributed by atoms with Gasteiger partial charge in [-0.25, -0.2) is 8.78 Å². The van der Waals surface area contributed by atoms with Crippen molar-refractivity contribution in [3.8, 4) is 0 Å². The molecule has 0 aromatic heterocycles. The fourth-order valence-corrected chi connectivity index (χ4v) is 1.83. The van der Waals surface area contributed by atoms with Crippen molar-refractivity contribution >= 4 is 17.4 Å². The predicted molar refractivity (Wildman–Crippen MR) is 66.0 cm³/mol. The van der Waals surface area contributed by atoms with Gasteiger partial charge in [-0.15, -0.1) is 0 Å². The summed E-state index contributed by atoms with van der Waals surface area (Å²) in [5.74, 6) is -1.86. The van der Waals surface area contributed by atoms with E-state index in [-0.39, 0.29) is 16.1 Å². The highest BCUT2D eigenvalue weighted by atomic mass is 35.5. The van der Waals surface area contributed by atoms with Gasteiger partial charge in [0.1, 0.15) is 11.6 Å². The van der Waals surface area contributed by atoms with E-state index in [4.69, 9.17) is 11.6 Å². The van der Waals surface area contributed by atoms with E-state index in [9.17, 15) is 13.6 Å². The van der Waals surface area contributed by atoms with Crippen molar-refractivity contribution in [1.29, 1.82) is 0 Å². The first-order valence-corrected chi connectivity index (χ1v) is 5.63. The Morgan fingerprint density at radius 2 is 1.78 bits per heavy atom. The Balaban J connectivity index is 2.54. The zero-order valence-corrected chi connectivity index (χ0v) is 10.3. The number of halogens is 3. The van der Waals surface area contributed by atoms with Crippen LogP contribution in [0, 0.1) is 18.6 Å². The molecule has 0 unspecified atom stereocenters. The normalized spacial score (nSPS) is 10.4. The van der Waals surface area contributed by atoms with Crippen LogP contribution in [0.3, 0.4) is 0 Å². The summed E-state index contributed by atoms with van der Waals surface area (Å²) in [7, 11) is 0. The molecule has 2 aromatic rings. The van der Waals surface area contributed by atoms with E-state index in [2.05, 4.69) is 0 Å². The second kappa shape index (κ2) is 4.86. The average Bonchev–Trinajstić information content (AvgIpc) is 2.34. The zero-order chi connectivity index (χ0) is 13.3. The van der Waals surface area contributed by atoms with Gasteiger partial charge in [0.15, 0.2) is 5.78 Å². The van der Waals surface area contributed by atoms with Gasteiger partial charge in [0.25, 0.3) is 0 Å². The first-order chi connectivity index (χ1) is 8.49. The maximum Gasteiger partial charge on any atom is 0.197 e. The van der Waals surface area contributed by atoms with E-state index in [1.807, 2.05) is 0 Å². The van der Waals surface area contributed by atoms with E-state index in [0.717, 1.165) is 17.7 Å². The highest BCUT2D eigenvalue weighted by Crippen LogP contribution is 2.22. The summed E-state index contributed by atoms with van der Waals surface area (Å²) >= 11 is 5.82. The van der Waals surface area contributed by atoms with E-state index in [1.165, 1.54) is 18.2 Å². The Bertz CT molecular complexity index is 570. The van der Waals surface area contributed by atoms with Gasteiger partial charge < -0.3 is 0 Å². The van der Waals surface area contributed by atoms with Gasteiger partial charge in [-0.3, -0.25) is 4.79 Å². The Labute approximate surface area is 108 Å². The quantitative estimate of drug-likeness (QED) is 0.746. The number of benzene rings is 2. The molecule has 0 aliphatic heterocycles. The summed E-state index contributed by atoms with van der Waals surface area (Å²) in [6.45, 7) is 1.74. The molecule has 18 heavy (non-hydrogen) atoms. The Hall–Kier alpha value is -1.74. The number of ketones is 1. The summed E-state index contributed by atoms with van der Waals surface area (Å²) < 4.78 is 26.7. The SMILES string of the molecule is Cc1ccc(F)c(C(=O)c2cc(F)ccc2Cl)c1.